The second kappa shape index (κ2) is 8.25. The fourth-order valence-electron chi connectivity index (χ4n) is 3.19. The van der Waals surface area contributed by atoms with Crippen molar-refractivity contribution in [2.75, 3.05) is 18.5 Å². The Bertz CT molecular complexity index is 637. The van der Waals surface area contributed by atoms with Crippen LogP contribution >= 0.6 is 0 Å². The maximum absolute atomic E-state index is 13.0. The summed E-state index contributed by atoms with van der Waals surface area (Å²) in [5, 5.41) is 2.75. The van der Waals surface area contributed by atoms with E-state index < -0.39 is 11.8 Å². The molecule has 25 heavy (non-hydrogen) atoms. The number of allylic oxidation sites excluding steroid dienone is 2. The molecule has 0 spiro atoms. The van der Waals surface area contributed by atoms with Gasteiger partial charge in [-0.2, -0.15) is 0 Å². The Morgan fingerprint density at radius 2 is 1.88 bits per heavy atom. The molecule has 0 radical (unpaired) electrons. The predicted octanol–water partition coefficient (Wildman–Crippen LogP) is 3.07. The first kappa shape index (κ1) is 17.6. The highest BCUT2D eigenvalue weighted by atomic mass is 19.1. The van der Waals surface area contributed by atoms with E-state index in [0.717, 1.165) is 12.8 Å². The summed E-state index contributed by atoms with van der Waals surface area (Å²) >= 11 is 0. The smallest absolute Gasteiger partial charge is 0.310 e. The van der Waals surface area contributed by atoms with Crippen molar-refractivity contribution >= 4 is 17.6 Å². The van der Waals surface area contributed by atoms with Crippen LogP contribution in [0, 0.1) is 17.7 Å². The highest BCUT2D eigenvalue weighted by molar-refractivity contribution is 5.95. The summed E-state index contributed by atoms with van der Waals surface area (Å²) < 4.78 is 23.8. The molecule has 1 aromatic carbocycles. The lowest BCUT2D eigenvalue weighted by atomic mass is 9.82. The Labute approximate surface area is 146 Å². The molecule has 1 amide bonds. The number of carbonyl (C=O) groups is 2. The van der Waals surface area contributed by atoms with Crippen LogP contribution in [-0.2, 0) is 19.1 Å². The van der Waals surface area contributed by atoms with Crippen molar-refractivity contribution in [1.82, 2.24) is 0 Å². The lowest BCUT2D eigenvalue weighted by Gasteiger charge is -2.26. The third-order valence-corrected chi connectivity index (χ3v) is 4.62. The normalized spacial score (nSPS) is 25.6. The van der Waals surface area contributed by atoms with Crippen molar-refractivity contribution in [2.24, 2.45) is 11.8 Å². The van der Waals surface area contributed by atoms with Gasteiger partial charge in [0.1, 0.15) is 12.4 Å². The first-order chi connectivity index (χ1) is 12.1. The van der Waals surface area contributed by atoms with Crippen LogP contribution in [-0.4, -0.2) is 31.2 Å². The molecule has 1 aliphatic carbocycles. The molecule has 5 nitrogen and oxygen atoms in total. The highest BCUT2D eigenvalue weighted by Gasteiger charge is 2.35. The number of nitrogens with one attached hydrogen (secondary N) is 1. The van der Waals surface area contributed by atoms with Crippen molar-refractivity contribution < 1.29 is 23.5 Å². The van der Waals surface area contributed by atoms with Crippen molar-refractivity contribution in [3.05, 3.63) is 42.2 Å². The second-order valence-corrected chi connectivity index (χ2v) is 6.42. The number of anilines is 1. The lowest BCUT2D eigenvalue weighted by Crippen LogP contribution is -2.36. The van der Waals surface area contributed by atoms with Crippen molar-refractivity contribution in [3.8, 4) is 0 Å². The van der Waals surface area contributed by atoms with E-state index in [4.69, 9.17) is 9.47 Å². The number of esters is 1. The molecule has 3 unspecified atom stereocenters. The third kappa shape index (κ3) is 4.66. The van der Waals surface area contributed by atoms with Gasteiger partial charge in [0.05, 0.1) is 17.9 Å². The maximum Gasteiger partial charge on any atom is 0.310 e. The van der Waals surface area contributed by atoms with Gasteiger partial charge in [0, 0.05) is 12.3 Å². The second-order valence-electron chi connectivity index (χ2n) is 6.42. The Kier molecular flexibility index (Phi) is 5.81. The van der Waals surface area contributed by atoms with Crippen molar-refractivity contribution in [2.45, 2.75) is 31.8 Å². The standard InChI is InChI=1S/C19H22FNO4/c20-13-7-9-14(10-8-13)21-18(22)16-5-1-2-6-17(16)19(23)25-12-15-4-3-11-24-15/h1-2,7-10,15-17H,3-6,11-12H2,(H,21,22). The van der Waals surface area contributed by atoms with Gasteiger partial charge < -0.3 is 14.8 Å². The van der Waals surface area contributed by atoms with Crippen LogP contribution in [0.3, 0.4) is 0 Å². The SMILES string of the molecule is O=C(Nc1ccc(F)cc1)C1CC=CCC1C(=O)OCC1CCCO1. The average molecular weight is 347 g/mol. The zero-order chi connectivity index (χ0) is 17.6. The number of carbonyl (C=O) groups excluding carboxylic acids is 2. The first-order valence-electron chi connectivity index (χ1n) is 8.63. The van der Waals surface area contributed by atoms with Crippen LogP contribution < -0.4 is 5.32 Å². The van der Waals surface area contributed by atoms with Crippen LogP contribution in [0.2, 0.25) is 0 Å². The molecule has 1 heterocycles. The summed E-state index contributed by atoms with van der Waals surface area (Å²) in [5.41, 5.74) is 0.507. The summed E-state index contributed by atoms with van der Waals surface area (Å²) in [6, 6.07) is 5.56. The highest BCUT2D eigenvalue weighted by Crippen LogP contribution is 2.28. The van der Waals surface area contributed by atoms with Crippen molar-refractivity contribution in [1.29, 1.82) is 0 Å². The molecule has 1 aromatic rings. The first-order valence-corrected chi connectivity index (χ1v) is 8.63. The minimum absolute atomic E-state index is 0.0328. The van der Waals surface area contributed by atoms with Crippen molar-refractivity contribution in [3.63, 3.8) is 0 Å². The Balaban J connectivity index is 1.59. The fourth-order valence-corrected chi connectivity index (χ4v) is 3.19. The lowest BCUT2D eigenvalue weighted by molar-refractivity contribution is -0.155. The summed E-state index contributed by atoms with van der Waals surface area (Å²) in [6.07, 6.45) is 6.61. The van der Waals surface area contributed by atoms with E-state index in [-0.39, 0.29) is 30.4 Å². The molecular weight excluding hydrogens is 325 g/mol. The number of benzene rings is 1. The summed E-state index contributed by atoms with van der Waals surface area (Å²) in [6.45, 7) is 0.947. The fraction of sp³-hybridized carbons (Fsp3) is 0.474. The number of amides is 1. The molecule has 6 heteroatoms. The van der Waals surface area contributed by atoms with E-state index in [9.17, 15) is 14.0 Å². The molecule has 0 saturated carbocycles. The molecule has 3 rings (SSSR count). The number of hydrogen-bond donors (Lipinski definition) is 1. The van der Waals surface area contributed by atoms with Gasteiger partial charge >= 0.3 is 5.97 Å². The van der Waals surface area contributed by atoms with Gasteiger partial charge in [-0.15, -0.1) is 0 Å². The average Bonchev–Trinajstić information content (AvgIpc) is 3.15. The number of ether oxygens (including phenoxy) is 2. The minimum Gasteiger partial charge on any atom is -0.463 e. The van der Waals surface area contributed by atoms with Crippen LogP contribution in [0.25, 0.3) is 0 Å². The van der Waals surface area contributed by atoms with E-state index in [1.54, 1.807) is 0 Å². The molecule has 2 aliphatic rings. The predicted molar refractivity (Wildman–Crippen MR) is 90.3 cm³/mol. The molecule has 0 aromatic heterocycles. The monoisotopic (exact) mass is 347 g/mol. The van der Waals surface area contributed by atoms with Crippen LogP contribution in [0.4, 0.5) is 10.1 Å². The molecule has 1 saturated heterocycles. The van der Waals surface area contributed by atoms with Crippen LogP contribution in [0.1, 0.15) is 25.7 Å². The van der Waals surface area contributed by atoms with Gasteiger partial charge in [0.2, 0.25) is 5.91 Å². The molecule has 1 N–H and O–H groups in total. The quantitative estimate of drug-likeness (QED) is 0.657. The van der Waals surface area contributed by atoms with E-state index in [1.807, 2.05) is 12.2 Å². The zero-order valence-corrected chi connectivity index (χ0v) is 13.9. The molecule has 3 atom stereocenters. The number of halogens is 1. The zero-order valence-electron chi connectivity index (χ0n) is 13.9. The molecular formula is C19H22FNO4. The van der Waals surface area contributed by atoms with Gasteiger partial charge in [-0.1, -0.05) is 12.2 Å². The minimum atomic E-state index is -0.508. The Morgan fingerprint density at radius 1 is 1.16 bits per heavy atom. The third-order valence-electron chi connectivity index (χ3n) is 4.62. The van der Waals surface area contributed by atoms with E-state index >= 15 is 0 Å². The number of hydrogen-bond acceptors (Lipinski definition) is 4. The molecule has 0 bridgehead atoms. The number of rotatable bonds is 5. The molecule has 134 valence electrons. The summed E-state index contributed by atoms with van der Waals surface area (Å²) in [4.78, 5) is 25.0. The largest absolute Gasteiger partial charge is 0.463 e. The van der Waals surface area contributed by atoms with Gasteiger partial charge in [-0.05, 0) is 49.9 Å². The van der Waals surface area contributed by atoms with E-state index in [1.165, 1.54) is 24.3 Å². The summed E-state index contributed by atoms with van der Waals surface area (Å²) in [5.74, 6) is -1.98. The summed E-state index contributed by atoms with van der Waals surface area (Å²) in [7, 11) is 0. The van der Waals surface area contributed by atoms with Gasteiger partial charge in [0.15, 0.2) is 0 Å². The van der Waals surface area contributed by atoms with Gasteiger partial charge in [0.25, 0.3) is 0 Å². The van der Waals surface area contributed by atoms with E-state index in [2.05, 4.69) is 5.32 Å². The Morgan fingerprint density at radius 3 is 2.56 bits per heavy atom. The maximum atomic E-state index is 13.0. The van der Waals surface area contributed by atoms with Gasteiger partial charge in [-0.25, -0.2) is 4.39 Å². The topological polar surface area (TPSA) is 64.6 Å². The molecule has 1 aliphatic heterocycles. The van der Waals surface area contributed by atoms with Gasteiger partial charge in [-0.3, -0.25) is 9.59 Å². The molecule has 1 fully saturated rings. The van der Waals surface area contributed by atoms with E-state index in [0.29, 0.717) is 25.1 Å². The van der Waals surface area contributed by atoms with Crippen LogP contribution in [0.5, 0.6) is 0 Å². The van der Waals surface area contributed by atoms with Crippen LogP contribution in [0.15, 0.2) is 36.4 Å². The Hall–Kier alpha value is -2.21.